The fourth-order valence-corrected chi connectivity index (χ4v) is 2.29. The number of rotatable bonds is 3. The molecule has 0 aliphatic rings. The molecule has 0 unspecified atom stereocenters. The van der Waals surface area contributed by atoms with Crippen LogP contribution >= 0.6 is 23.4 Å². The first-order valence-corrected chi connectivity index (χ1v) is 5.68. The van der Waals surface area contributed by atoms with Gasteiger partial charge >= 0.3 is 0 Å². The second-order valence-corrected chi connectivity index (χ2v) is 4.49. The van der Waals surface area contributed by atoms with Crippen molar-refractivity contribution < 1.29 is 5.11 Å². The molecule has 0 aliphatic heterocycles. The van der Waals surface area contributed by atoms with E-state index < -0.39 is 0 Å². The van der Waals surface area contributed by atoms with Crippen molar-refractivity contribution in [3.63, 3.8) is 0 Å². The van der Waals surface area contributed by atoms with Gasteiger partial charge in [0.05, 0.1) is 6.61 Å². The predicted molar refractivity (Wildman–Crippen MR) is 61.1 cm³/mol. The van der Waals surface area contributed by atoms with Gasteiger partial charge in [0.25, 0.3) is 0 Å². The van der Waals surface area contributed by atoms with Crippen molar-refractivity contribution in [2.75, 3.05) is 12.4 Å². The zero-order chi connectivity index (χ0) is 9.97. The second-order valence-electron chi connectivity index (χ2n) is 2.91. The van der Waals surface area contributed by atoms with Crippen LogP contribution in [0.15, 0.2) is 29.3 Å². The minimum Gasteiger partial charge on any atom is -0.396 e. The molecule has 1 aromatic carbocycles. The van der Waals surface area contributed by atoms with Gasteiger partial charge in [-0.05, 0) is 18.2 Å². The number of aliphatic hydroxyl groups is 1. The van der Waals surface area contributed by atoms with Crippen LogP contribution in [0.4, 0.5) is 0 Å². The minimum absolute atomic E-state index is 0.192. The van der Waals surface area contributed by atoms with Gasteiger partial charge in [-0.2, -0.15) is 0 Å². The van der Waals surface area contributed by atoms with E-state index in [-0.39, 0.29) is 6.61 Å². The number of aromatic nitrogens is 1. The minimum atomic E-state index is 0.192. The number of thioether (sulfide) groups is 1. The number of aliphatic hydroxyl groups excluding tert-OH is 1. The summed E-state index contributed by atoms with van der Waals surface area (Å²) < 4.78 is 0. The molecule has 2 rings (SSSR count). The molecule has 1 aromatic heterocycles. The average Bonchev–Trinajstić information content (AvgIpc) is 2.57. The molecule has 2 N–H and O–H groups in total. The molecule has 0 atom stereocenters. The second kappa shape index (κ2) is 4.26. The molecule has 14 heavy (non-hydrogen) atoms. The normalized spacial score (nSPS) is 11.0. The summed E-state index contributed by atoms with van der Waals surface area (Å²) in [5.74, 6) is 0.708. The highest BCUT2D eigenvalue weighted by Crippen LogP contribution is 2.29. The molecule has 0 aliphatic carbocycles. The molecular weight excluding hydrogens is 218 g/mol. The Labute approximate surface area is 91.3 Å². The molecule has 0 bridgehead atoms. The van der Waals surface area contributed by atoms with Crippen LogP contribution in [0, 0.1) is 0 Å². The van der Waals surface area contributed by atoms with Crippen LogP contribution in [0.25, 0.3) is 10.9 Å². The van der Waals surface area contributed by atoms with E-state index in [0.717, 1.165) is 20.8 Å². The lowest BCUT2D eigenvalue weighted by atomic mass is 10.2. The van der Waals surface area contributed by atoms with Crippen molar-refractivity contribution in [3.05, 3.63) is 29.4 Å². The predicted octanol–water partition coefficient (Wildman–Crippen LogP) is 2.91. The standard InChI is InChI=1S/C10H10ClNOS/c11-7-1-2-9-8(5-7)10(6-12-9)14-4-3-13/h1-2,5-6,12-13H,3-4H2. The third-order valence-electron chi connectivity index (χ3n) is 1.95. The SMILES string of the molecule is OCCSc1c[nH]c2ccc(Cl)cc12. The van der Waals surface area contributed by atoms with Crippen LogP contribution in [0.2, 0.25) is 5.02 Å². The maximum Gasteiger partial charge on any atom is 0.0525 e. The largest absolute Gasteiger partial charge is 0.396 e. The molecule has 0 amide bonds. The Morgan fingerprint density at radius 1 is 1.43 bits per heavy atom. The van der Waals surface area contributed by atoms with Gasteiger partial charge < -0.3 is 10.1 Å². The van der Waals surface area contributed by atoms with Crippen LogP contribution < -0.4 is 0 Å². The zero-order valence-electron chi connectivity index (χ0n) is 7.46. The third-order valence-corrected chi connectivity index (χ3v) is 3.23. The Hall–Kier alpha value is -0.640. The summed E-state index contributed by atoms with van der Waals surface area (Å²) in [7, 11) is 0. The van der Waals surface area contributed by atoms with Crippen LogP contribution in [-0.2, 0) is 0 Å². The fraction of sp³-hybridized carbons (Fsp3) is 0.200. The Balaban J connectivity index is 2.40. The molecular formula is C10H10ClNOS. The van der Waals surface area contributed by atoms with Crippen molar-refractivity contribution in [1.82, 2.24) is 4.98 Å². The van der Waals surface area contributed by atoms with Crippen molar-refractivity contribution >= 4 is 34.3 Å². The summed E-state index contributed by atoms with van der Waals surface area (Å²) in [4.78, 5) is 4.30. The van der Waals surface area contributed by atoms with Gasteiger partial charge in [-0.1, -0.05) is 11.6 Å². The third kappa shape index (κ3) is 1.90. The van der Waals surface area contributed by atoms with Crippen LogP contribution in [-0.4, -0.2) is 22.5 Å². The van der Waals surface area contributed by atoms with Gasteiger partial charge in [0, 0.05) is 32.8 Å². The van der Waals surface area contributed by atoms with E-state index in [2.05, 4.69) is 4.98 Å². The number of hydrogen-bond acceptors (Lipinski definition) is 2. The smallest absolute Gasteiger partial charge is 0.0525 e. The van der Waals surface area contributed by atoms with Gasteiger partial charge in [0.1, 0.15) is 0 Å². The highest BCUT2D eigenvalue weighted by molar-refractivity contribution is 7.99. The number of fused-ring (bicyclic) bond motifs is 1. The maximum atomic E-state index is 8.73. The van der Waals surface area contributed by atoms with E-state index in [1.165, 1.54) is 0 Å². The van der Waals surface area contributed by atoms with Gasteiger partial charge in [0.2, 0.25) is 0 Å². The van der Waals surface area contributed by atoms with Gasteiger partial charge in [0.15, 0.2) is 0 Å². The number of hydrogen-bond donors (Lipinski definition) is 2. The van der Waals surface area contributed by atoms with E-state index in [0.29, 0.717) is 5.75 Å². The molecule has 0 saturated heterocycles. The van der Waals surface area contributed by atoms with Gasteiger partial charge in [-0.3, -0.25) is 0 Å². The zero-order valence-corrected chi connectivity index (χ0v) is 9.03. The molecule has 2 aromatic rings. The summed E-state index contributed by atoms with van der Waals surface area (Å²) in [6, 6.07) is 5.76. The summed E-state index contributed by atoms with van der Waals surface area (Å²) in [5, 5.41) is 10.6. The average molecular weight is 228 g/mol. The number of H-pyrrole nitrogens is 1. The van der Waals surface area contributed by atoms with E-state index in [1.807, 2.05) is 24.4 Å². The first kappa shape index (κ1) is 9.90. The monoisotopic (exact) mass is 227 g/mol. The van der Waals surface area contributed by atoms with Gasteiger partial charge in [-0.25, -0.2) is 0 Å². The summed E-state index contributed by atoms with van der Waals surface area (Å²) in [6.07, 6.45) is 1.95. The molecule has 2 nitrogen and oxygen atoms in total. The molecule has 0 saturated carbocycles. The fourth-order valence-electron chi connectivity index (χ4n) is 1.34. The van der Waals surface area contributed by atoms with Crippen LogP contribution in [0.5, 0.6) is 0 Å². The van der Waals surface area contributed by atoms with Crippen LogP contribution in [0.3, 0.4) is 0 Å². The van der Waals surface area contributed by atoms with E-state index in [1.54, 1.807) is 11.8 Å². The van der Waals surface area contributed by atoms with Crippen molar-refractivity contribution in [1.29, 1.82) is 0 Å². The summed E-state index contributed by atoms with van der Waals surface area (Å²) in [5.41, 5.74) is 1.08. The molecule has 0 radical (unpaired) electrons. The molecule has 74 valence electrons. The molecule has 1 heterocycles. The highest BCUT2D eigenvalue weighted by atomic mass is 35.5. The maximum absolute atomic E-state index is 8.73. The highest BCUT2D eigenvalue weighted by Gasteiger charge is 2.03. The summed E-state index contributed by atoms with van der Waals surface area (Å²) >= 11 is 7.53. The topological polar surface area (TPSA) is 36.0 Å². The van der Waals surface area contributed by atoms with Crippen molar-refractivity contribution in [3.8, 4) is 0 Å². The molecule has 4 heteroatoms. The number of nitrogens with one attached hydrogen (secondary N) is 1. The van der Waals surface area contributed by atoms with E-state index >= 15 is 0 Å². The lowest BCUT2D eigenvalue weighted by Gasteiger charge is -1.97. The lowest BCUT2D eigenvalue weighted by Crippen LogP contribution is -1.84. The van der Waals surface area contributed by atoms with Gasteiger partial charge in [-0.15, -0.1) is 11.8 Å². The number of benzene rings is 1. The number of halogens is 1. The molecule has 0 spiro atoms. The van der Waals surface area contributed by atoms with E-state index in [4.69, 9.17) is 16.7 Å². The Morgan fingerprint density at radius 3 is 3.07 bits per heavy atom. The Kier molecular flexibility index (Phi) is 3.01. The van der Waals surface area contributed by atoms with Crippen molar-refractivity contribution in [2.24, 2.45) is 0 Å². The summed E-state index contributed by atoms with van der Waals surface area (Å²) in [6.45, 7) is 0.192. The van der Waals surface area contributed by atoms with Crippen LogP contribution in [0.1, 0.15) is 0 Å². The van der Waals surface area contributed by atoms with E-state index in [9.17, 15) is 0 Å². The Morgan fingerprint density at radius 2 is 2.29 bits per heavy atom. The lowest BCUT2D eigenvalue weighted by molar-refractivity contribution is 0.322. The quantitative estimate of drug-likeness (QED) is 0.791. The first-order valence-electron chi connectivity index (χ1n) is 4.31. The first-order chi connectivity index (χ1) is 6.81. The van der Waals surface area contributed by atoms with Crippen molar-refractivity contribution in [2.45, 2.75) is 4.90 Å². The Bertz CT molecular complexity index is 441. The number of aromatic amines is 1. The molecule has 0 fully saturated rings.